The van der Waals surface area contributed by atoms with Crippen LogP contribution in [0.25, 0.3) is 17.3 Å². The number of imide groups is 1. The lowest BCUT2D eigenvalue weighted by molar-refractivity contribution is -0.115. The van der Waals surface area contributed by atoms with E-state index in [2.05, 4.69) is 30.5 Å². The fourth-order valence-corrected chi connectivity index (χ4v) is 5.34. The van der Waals surface area contributed by atoms with E-state index in [1.165, 1.54) is 6.20 Å². The Balaban J connectivity index is 1.15. The Morgan fingerprint density at radius 3 is 2.70 bits per heavy atom. The second kappa shape index (κ2) is 12.4. The molecule has 208 valence electrons. The molecule has 40 heavy (non-hydrogen) atoms. The van der Waals surface area contributed by atoms with Gasteiger partial charge in [-0.15, -0.1) is 0 Å². The SMILES string of the molecule is COc1ccc(-c2cc(CNCC3CCN(c4nccc(/C=C5\SC(=O)NC5=O)n4)CC3)c(F)cn2)c(OC)c1. The summed E-state index contributed by atoms with van der Waals surface area (Å²) in [5.41, 5.74) is 2.50. The van der Waals surface area contributed by atoms with Crippen molar-refractivity contribution in [3.8, 4) is 22.8 Å². The van der Waals surface area contributed by atoms with Gasteiger partial charge in [0.15, 0.2) is 0 Å². The smallest absolute Gasteiger partial charge is 0.290 e. The highest BCUT2D eigenvalue weighted by molar-refractivity contribution is 8.18. The minimum Gasteiger partial charge on any atom is -0.497 e. The highest BCUT2D eigenvalue weighted by Crippen LogP contribution is 2.33. The number of hydrogen-bond donors (Lipinski definition) is 2. The average Bonchev–Trinajstić information content (AvgIpc) is 3.30. The van der Waals surface area contributed by atoms with Crippen molar-refractivity contribution in [2.24, 2.45) is 5.92 Å². The van der Waals surface area contributed by atoms with E-state index in [9.17, 15) is 14.0 Å². The topological polar surface area (TPSA) is 119 Å². The molecule has 0 saturated carbocycles. The number of nitrogens with one attached hydrogen (secondary N) is 2. The number of piperidine rings is 1. The molecule has 2 N–H and O–H groups in total. The molecule has 0 unspecified atom stereocenters. The minimum atomic E-state index is -0.410. The molecular weight excluding hydrogens is 535 g/mol. The molecule has 2 amide bonds. The van der Waals surface area contributed by atoms with Crippen LogP contribution in [0.15, 0.2) is 47.6 Å². The van der Waals surface area contributed by atoms with Crippen molar-refractivity contribution in [2.45, 2.75) is 19.4 Å². The zero-order valence-corrected chi connectivity index (χ0v) is 23.0. The predicted octanol–water partition coefficient (Wildman–Crippen LogP) is 4.03. The molecule has 3 aromatic rings. The molecule has 2 fully saturated rings. The average molecular weight is 565 g/mol. The molecule has 4 heterocycles. The first-order valence-electron chi connectivity index (χ1n) is 12.8. The summed E-state index contributed by atoms with van der Waals surface area (Å²) < 4.78 is 25.3. The van der Waals surface area contributed by atoms with Gasteiger partial charge in [0.2, 0.25) is 5.95 Å². The van der Waals surface area contributed by atoms with Crippen LogP contribution in [0.5, 0.6) is 11.5 Å². The number of amides is 2. The fraction of sp³-hybridized carbons (Fsp3) is 0.321. The number of nitrogens with zero attached hydrogens (tertiary/aromatic N) is 4. The van der Waals surface area contributed by atoms with Gasteiger partial charge in [-0.1, -0.05) is 0 Å². The van der Waals surface area contributed by atoms with Crippen molar-refractivity contribution in [1.82, 2.24) is 25.6 Å². The minimum absolute atomic E-state index is 0.320. The number of rotatable bonds is 9. The van der Waals surface area contributed by atoms with Crippen molar-refractivity contribution in [1.29, 1.82) is 0 Å². The lowest BCUT2D eigenvalue weighted by atomic mass is 9.97. The van der Waals surface area contributed by atoms with Crippen molar-refractivity contribution in [3.63, 3.8) is 0 Å². The Morgan fingerprint density at radius 2 is 1.98 bits per heavy atom. The molecule has 2 aliphatic heterocycles. The number of methoxy groups -OCH3 is 2. The molecule has 12 heteroatoms. The molecule has 1 aromatic carbocycles. The summed E-state index contributed by atoms with van der Waals surface area (Å²) in [6, 6.07) is 8.90. The van der Waals surface area contributed by atoms with Gasteiger partial charge in [-0.2, -0.15) is 0 Å². The van der Waals surface area contributed by atoms with E-state index in [4.69, 9.17) is 9.47 Å². The van der Waals surface area contributed by atoms with E-state index in [0.29, 0.717) is 51.8 Å². The normalized spacial score (nSPS) is 16.9. The van der Waals surface area contributed by atoms with Crippen LogP contribution in [-0.4, -0.2) is 60.0 Å². The first kappa shape index (κ1) is 27.5. The number of aromatic nitrogens is 3. The van der Waals surface area contributed by atoms with E-state index in [1.54, 1.807) is 44.7 Å². The van der Waals surface area contributed by atoms with Crippen LogP contribution in [0.4, 0.5) is 15.1 Å². The second-order valence-corrected chi connectivity index (χ2v) is 10.4. The fourth-order valence-electron chi connectivity index (χ4n) is 4.67. The highest BCUT2D eigenvalue weighted by Gasteiger charge is 2.26. The number of ether oxygens (including phenoxy) is 2. The monoisotopic (exact) mass is 564 g/mol. The summed E-state index contributed by atoms with van der Waals surface area (Å²) in [6.07, 6.45) is 6.36. The number of carbonyl (C=O) groups excluding carboxylic acids is 2. The quantitative estimate of drug-likeness (QED) is 0.369. The van der Waals surface area contributed by atoms with Crippen LogP contribution < -0.4 is 25.0 Å². The third-order valence-electron chi connectivity index (χ3n) is 6.85. The highest BCUT2D eigenvalue weighted by atomic mass is 32.2. The van der Waals surface area contributed by atoms with Gasteiger partial charge >= 0.3 is 0 Å². The molecular formula is C28H29FN6O4S. The lowest BCUT2D eigenvalue weighted by Gasteiger charge is -2.32. The van der Waals surface area contributed by atoms with Gasteiger partial charge in [0.1, 0.15) is 17.3 Å². The number of thioether (sulfide) groups is 1. The van der Waals surface area contributed by atoms with Crippen LogP contribution in [0, 0.1) is 11.7 Å². The van der Waals surface area contributed by atoms with E-state index < -0.39 is 5.91 Å². The summed E-state index contributed by atoms with van der Waals surface area (Å²) in [7, 11) is 3.17. The van der Waals surface area contributed by atoms with Crippen molar-refractivity contribution in [3.05, 3.63) is 64.7 Å². The molecule has 0 bridgehead atoms. The standard InChI is InChI=1S/C28H29FN6O4S/c1-38-20-3-4-21(24(13-20)39-2)23-11-18(22(29)16-32-23)15-30-14-17-6-9-35(10-7-17)27-31-8-5-19(33-27)12-25-26(36)34-28(37)40-25/h3-5,8,11-13,16-17,30H,6-7,9-10,14-15H2,1-2H3,(H,34,36,37)/b25-12-. The molecule has 5 rings (SSSR count). The second-order valence-electron chi connectivity index (χ2n) is 9.42. The predicted molar refractivity (Wildman–Crippen MR) is 151 cm³/mol. The van der Waals surface area contributed by atoms with Gasteiger partial charge in [0, 0.05) is 43.0 Å². The first-order valence-corrected chi connectivity index (χ1v) is 13.7. The van der Waals surface area contributed by atoms with E-state index >= 15 is 0 Å². The lowest BCUT2D eigenvalue weighted by Crippen LogP contribution is -2.38. The van der Waals surface area contributed by atoms with Crippen molar-refractivity contribution >= 4 is 34.9 Å². The number of anilines is 1. The Bertz CT molecular complexity index is 1440. The van der Waals surface area contributed by atoms with Gasteiger partial charge in [-0.25, -0.2) is 14.4 Å². The Hall–Kier alpha value is -4.03. The third-order valence-corrected chi connectivity index (χ3v) is 7.66. The van der Waals surface area contributed by atoms with Crippen molar-refractivity contribution < 1.29 is 23.5 Å². The van der Waals surface area contributed by atoms with Gasteiger partial charge in [-0.05, 0) is 67.4 Å². The van der Waals surface area contributed by atoms with Crippen LogP contribution in [0.3, 0.4) is 0 Å². The van der Waals surface area contributed by atoms with Crippen LogP contribution in [-0.2, 0) is 11.3 Å². The van der Waals surface area contributed by atoms with Crippen LogP contribution >= 0.6 is 11.8 Å². The van der Waals surface area contributed by atoms with Gasteiger partial charge in [0.25, 0.3) is 11.1 Å². The van der Waals surface area contributed by atoms with E-state index in [1.807, 2.05) is 12.1 Å². The summed E-state index contributed by atoms with van der Waals surface area (Å²) in [5.74, 6) is 1.53. The molecule has 2 saturated heterocycles. The Kier molecular flexibility index (Phi) is 8.56. The Labute approximate surface area is 235 Å². The molecule has 2 aromatic heterocycles. The summed E-state index contributed by atoms with van der Waals surface area (Å²) in [6.45, 7) is 2.70. The van der Waals surface area contributed by atoms with Crippen LogP contribution in [0.1, 0.15) is 24.1 Å². The third kappa shape index (κ3) is 6.40. The van der Waals surface area contributed by atoms with E-state index in [-0.39, 0.29) is 11.1 Å². The number of carbonyl (C=O) groups is 2. The number of hydrogen-bond acceptors (Lipinski definition) is 10. The van der Waals surface area contributed by atoms with Crippen LogP contribution in [0.2, 0.25) is 0 Å². The zero-order chi connectivity index (χ0) is 28.1. The number of pyridine rings is 1. The maximum Gasteiger partial charge on any atom is 0.290 e. The molecule has 0 aliphatic carbocycles. The molecule has 0 spiro atoms. The van der Waals surface area contributed by atoms with Crippen molar-refractivity contribution in [2.75, 3.05) is 38.8 Å². The zero-order valence-electron chi connectivity index (χ0n) is 22.1. The molecule has 2 aliphatic rings. The largest absolute Gasteiger partial charge is 0.497 e. The van der Waals surface area contributed by atoms with Gasteiger partial charge in [0.05, 0.1) is 36.7 Å². The maximum absolute atomic E-state index is 14.6. The number of halogens is 1. The molecule has 10 nitrogen and oxygen atoms in total. The maximum atomic E-state index is 14.6. The van der Waals surface area contributed by atoms with Gasteiger partial charge in [-0.3, -0.25) is 19.9 Å². The number of benzene rings is 1. The summed E-state index contributed by atoms with van der Waals surface area (Å²) in [5, 5.41) is 5.26. The molecule has 0 atom stereocenters. The first-order chi connectivity index (χ1) is 19.4. The summed E-state index contributed by atoms with van der Waals surface area (Å²) in [4.78, 5) is 38.9. The van der Waals surface area contributed by atoms with Gasteiger partial charge < -0.3 is 19.7 Å². The van der Waals surface area contributed by atoms with E-state index in [0.717, 1.165) is 49.8 Å². The molecule has 0 radical (unpaired) electrons. The Morgan fingerprint density at radius 1 is 1.15 bits per heavy atom. The summed E-state index contributed by atoms with van der Waals surface area (Å²) >= 11 is 0.863.